The molecule has 0 aromatic heterocycles. The van der Waals surface area contributed by atoms with Crippen molar-refractivity contribution in [2.45, 2.75) is 0 Å². The van der Waals surface area contributed by atoms with Gasteiger partial charge in [-0.2, -0.15) is 0 Å². The fourth-order valence-electron chi connectivity index (χ4n) is 1.48. The second kappa shape index (κ2) is 5.20. The number of hydrogen-bond donors (Lipinski definition) is 1. The van der Waals surface area contributed by atoms with E-state index in [-0.39, 0.29) is 11.6 Å². The van der Waals surface area contributed by atoms with Crippen molar-refractivity contribution in [2.24, 2.45) is 0 Å². The lowest BCUT2D eigenvalue weighted by atomic mass is 10.0. The molecule has 92 valence electrons. The van der Waals surface area contributed by atoms with Gasteiger partial charge < -0.3 is 5.73 Å². The predicted octanol–water partition coefficient (Wildman–Crippen LogP) is 4.16. The van der Waals surface area contributed by atoms with Gasteiger partial charge in [0.2, 0.25) is 0 Å². The van der Waals surface area contributed by atoms with Crippen molar-refractivity contribution in [3.63, 3.8) is 0 Å². The maximum Gasteiger partial charge on any atom is 0.193 e. The van der Waals surface area contributed by atoms with Crippen molar-refractivity contribution >= 4 is 43.3 Å². The van der Waals surface area contributed by atoms with Crippen molar-refractivity contribution in [1.82, 2.24) is 0 Å². The van der Waals surface area contributed by atoms with Crippen LogP contribution in [0.5, 0.6) is 0 Å². The van der Waals surface area contributed by atoms with Crippen molar-refractivity contribution in [1.29, 1.82) is 0 Å². The van der Waals surface area contributed by atoms with E-state index in [0.29, 0.717) is 25.8 Å². The molecule has 0 amide bonds. The molecule has 0 saturated heterocycles. The number of hydrogen-bond acceptors (Lipinski definition) is 2. The summed E-state index contributed by atoms with van der Waals surface area (Å²) in [5, 5.41) is 0. The first-order chi connectivity index (χ1) is 8.49. The van der Waals surface area contributed by atoms with E-state index in [2.05, 4.69) is 31.9 Å². The number of ketones is 1. The normalized spacial score (nSPS) is 10.4. The fourth-order valence-corrected chi connectivity index (χ4v) is 2.67. The molecule has 2 rings (SSSR count). The molecule has 2 aromatic carbocycles. The van der Waals surface area contributed by atoms with Crippen LogP contribution in [-0.2, 0) is 0 Å². The van der Waals surface area contributed by atoms with E-state index in [1.165, 1.54) is 24.3 Å². The van der Waals surface area contributed by atoms with E-state index in [0.717, 1.165) is 0 Å². The highest BCUT2D eigenvalue weighted by Crippen LogP contribution is 2.30. The van der Waals surface area contributed by atoms with Gasteiger partial charge in [0.05, 0.1) is 5.69 Å². The van der Waals surface area contributed by atoms with Crippen LogP contribution in [0.25, 0.3) is 0 Å². The first-order valence-corrected chi connectivity index (χ1v) is 6.62. The second-order valence-corrected chi connectivity index (χ2v) is 5.40. The van der Waals surface area contributed by atoms with Crippen molar-refractivity contribution in [3.05, 3.63) is 62.3 Å². The average molecular weight is 373 g/mol. The first-order valence-electron chi connectivity index (χ1n) is 5.04. The van der Waals surface area contributed by atoms with E-state index in [9.17, 15) is 9.18 Å². The number of nitrogen functional groups attached to an aromatic ring is 1. The van der Waals surface area contributed by atoms with Crippen LogP contribution in [0, 0.1) is 5.82 Å². The summed E-state index contributed by atoms with van der Waals surface area (Å²) < 4.78 is 14.1. The highest BCUT2D eigenvalue weighted by molar-refractivity contribution is 9.11. The molecule has 0 heterocycles. The third-order valence-electron chi connectivity index (χ3n) is 2.45. The molecule has 0 aliphatic rings. The third-order valence-corrected chi connectivity index (χ3v) is 3.76. The molecule has 0 radical (unpaired) electrons. The minimum atomic E-state index is -0.369. The van der Waals surface area contributed by atoms with Gasteiger partial charge in [0.1, 0.15) is 5.82 Å². The largest absolute Gasteiger partial charge is 0.397 e. The van der Waals surface area contributed by atoms with Gasteiger partial charge in [-0.25, -0.2) is 4.39 Å². The smallest absolute Gasteiger partial charge is 0.193 e. The molecule has 0 aliphatic heterocycles. The standard InChI is InChI=1S/C13H8Br2FNO/c14-10-5-8(6-11(15)12(10)17)13(18)7-1-3-9(16)4-2-7/h1-6H,17H2. The lowest BCUT2D eigenvalue weighted by Crippen LogP contribution is -2.02. The van der Waals surface area contributed by atoms with Gasteiger partial charge in [-0.3, -0.25) is 4.79 Å². The number of benzene rings is 2. The monoisotopic (exact) mass is 371 g/mol. The third kappa shape index (κ3) is 2.62. The Morgan fingerprint density at radius 3 is 2.00 bits per heavy atom. The molecule has 0 bridgehead atoms. The van der Waals surface area contributed by atoms with E-state index in [1.807, 2.05) is 0 Å². The summed E-state index contributed by atoms with van der Waals surface area (Å²) in [6.07, 6.45) is 0. The van der Waals surface area contributed by atoms with Crippen LogP contribution in [0.4, 0.5) is 10.1 Å². The Balaban J connectivity index is 2.43. The Hall–Kier alpha value is -1.20. The minimum Gasteiger partial charge on any atom is -0.397 e. The molecule has 0 saturated carbocycles. The SMILES string of the molecule is Nc1c(Br)cc(C(=O)c2ccc(F)cc2)cc1Br. The molecular weight excluding hydrogens is 365 g/mol. The van der Waals surface area contributed by atoms with Crippen molar-refractivity contribution in [2.75, 3.05) is 5.73 Å². The summed E-state index contributed by atoms with van der Waals surface area (Å²) in [7, 11) is 0. The zero-order chi connectivity index (χ0) is 13.3. The van der Waals surface area contributed by atoms with Gasteiger partial charge in [-0.05, 0) is 68.3 Å². The van der Waals surface area contributed by atoms with Crippen LogP contribution in [-0.4, -0.2) is 5.78 Å². The Kier molecular flexibility index (Phi) is 3.82. The van der Waals surface area contributed by atoms with Crippen LogP contribution < -0.4 is 5.73 Å². The van der Waals surface area contributed by atoms with Crippen LogP contribution >= 0.6 is 31.9 Å². The quantitative estimate of drug-likeness (QED) is 0.635. The maximum absolute atomic E-state index is 12.8. The predicted molar refractivity (Wildman–Crippen MR) is 76.1 cm³/mol. The highest BCUT2D eigenvalue weighted by atomic mass is 79.9. The lowest BCUT2D eigenvalue weighted by Gasteiger charge is -2.06. The van der Waals surface area contributed by atoms with E-state index < -0.39 is 0 Å². The summed E-state index contributed by atoms with van der Waals surface area (Å²) in [5.41, 5.74) is 7.20. The molecule has 5 heteroatoms. The fraction of sp³-hybridized carbons (Fsp3) is 0. The lowest BCUT2D eigenvalue weighted by molar-refractivity contribution is 0.103. The number of anilines is 1. The number of rotatable bonds is 2. The van der Waals surface area contributed by atoms with Crippen LogP contribution in [0.3, 0.4) is 0 Å². The molecule has 0 aliphatic carbocycles. The Morgan fingerprint density at radius 1 is 1.00 bits per heavy atom. The summed E-state index contributed by atoms with van der Waals surface area (Å²) in [4.78, 5) is 12.2. The molecule has 0 atom stereocenters. The second-order valence-electron chi connectivity index (χ2n) is 3.69. The van der Waals surface area contributed by atoms with Crippen molar-refractivity contribution in [3.8, 4) is 0 Å². The average Bonchev–Trinajstić information content (AvgIpc) is 2.35. The van der Waals surface area contributed by atoms with Gasteiger partial charge in [-0.15, -0.1) is 0 Å². The number of carbonyl (C=O) groups excluding carboxylic acids is 1. The van der Waals surface area contributed by atoms with Crippen molar-refractivity contribution < 1.29 is 9.18 Å². The summed E-state index contributed by atoms with van der Waals surface area (Å²) in [6.45, 7) is 0. The summed E-state index contributed by atoms with van der Waals surface area (Å²) in [6, 6.07) is 8.71. The van der Waals surface area contributed by atoms with Gasteiger partial charge in [0, 0.05) is 20.1 Å². The molecule has 2 nitrogen and oxygen atoms in total. The summed E-state index contributed by atoms with van der Waals surface area (Å²) >= 11 is 6.56. The maximum atomic E-state index is 12.8. The minimum absolute atomic E-state index is 0.184. The van der Waals surface area contributed by atoms with E-state index in [1.54, 1.807) is 12.1 Å². The molecule has 2 N–H and O–H groups in total. The van der Waals surface area contributed by atoms with Gasteiger partial charge in [-0.1, -0.05) is 0 Å². The zero-order valence-electron chi connectivity index (χ0n) is 9.08. The van der Waals surface area contributed by atoms with Crippen LogP contribution in [0.2, 0.25) is 0 Å². The summed E-state index contributed by atoms with van der Waals surface area (Å²) in [5.74, 6) is -0.553. The molecule has 0 unspecified atom stereocenters. The zero-order valence-corrected chi connectivity index (χ0v) is 12.3. The Labute approximate surface area is 120 Å². The highest BCUT2D eigenvalue weighted by Gasteiger charge is 2.12. The van der Waals surface area contributed by atoms with Crippen LogP contribution in [0.1, 0.15) is 15.9 Å². The topological polar surface area (TPSA) is 43.1 Å². The van der Waals surface area contributed by atoms with Gasteiger partial charge in [0.25, 0.3) is 0 Å². The first kappa shape index (κ1) is 13.2. The molecule has 18 heavy (non-hydrogen) atoms. The number of carbonyl (C=O) groups is 1. The van der Waals surface area contributed by atoms with E-state index >= 15 is 0 Å². The number of halogens is 3. The van der Waals surface area contributed by atoms with Crippen LogP contribution in [0.15, 0.2) is 45.3 Å². The van der Waals surface area contributed by atoms with Gasteiger partial charge >= 0.3 is 0 Å². The molecular formula is C13H8Br2FNO. The number of nitrogens with two attached hydrogens (primary N) is 1. The molecule has 0 fully saturated rings. The van der Waals surface area contributed by atoms with Gasteiger partial charge in [0.15, 0.2) is 5.78 Å². The molecule has 2 aromatic rings. The Morgan fingerprint density at radius 2 is 1.50 bits per heavy atom. The molecule has 0 spiro atoms. The van der Waals surface area contributed by atoms with E-state index in [4.69, 9.17) is 5.73 Å². The Bertz CT molecular complexity index is 588.